The van der Waals surface area contributed by atoms with E-state index in [2.05, 4.69) is 20.5 Å². The van der Waals surface area contributed by atoms with E-state index in [-0.39, 0.29) is 44.0 Å². The second-order valence-corrected chi connectivity index (χ2v) is 12.5. The highest BCUT2D eigenvalue weighted by atomic mass is 16.5. The summed E-state index contributed by atoms with van der Waals surface area (Å²) in [5.41, 5.74) is -0.263. The highest BCUT2D eigenvalue weighted by Gasteiger charge is 2.48. The number of rotatable bonds is 7. The van der Waals surface area contributed by atoms with Gasteiger partial charge in [-0.15, -0.1) is 5.10 Å². The van der Waals surface area contributed by atoms with Crippen LogP contribution in [-0.4, -0.2) is 110 Å². The van der Waals surface area contributed by atoms with Gasteiger partial charge in [0.25, 0.3) is 0 Å². The smallest absolute Gasteiger partial charge is 0.248 e. The van der Waals surface area contributed by atoms with Gasteiger partial charge in [0.1, 0.15) is 12.1 Å². The predicted molar refractivity (Wildman–Crippen MR) is 135 cm³/mol. The summed E-state index contributed by atoms with van der Waals surface area (Å²) in [6.45, 7) is 7.96. The van der Waals surface area contributed by atoms with Crippen LogP contribution < -0.4 is 5.32 Å². The first-order valence-electron chi connectivity index (χ1n) is 13.8. The van der Waals surface area contributed by atoms with Gasteiger partial charge < -0.3 is 25.2 Å². The largest absolute Gasteiger partial charge is 0.394 e. The molecule has 0 aromatic carbocycles. The number of ether oxygens (including phenoxy) is 1. The molecular formula is C26H42N6O5. The lowest BCUT2D eigenvalue weighted by Crippen LogP contribution is -2.69. The van der Waals surface area contributed by atoms with Crippen LogP contribution >= 0.6 is 0 Å². The number of aliphatic hydroxyl groups is 2. The van der Waals surface area contributed by atoms with Gasteiger partial charge in [0.2, 0.25) is 11.8 Å². The van der Waals surface area contributed by atoms with Crippen LogP contribution in [0.2, 0.25) is 0 Å². The first-order chi connectivity index (χ1) is 17.6. The second kappa shape index (κ2) is 10.2. The lowest BCUT2D eigenvalue weighted by Gasteiger charge is -2.52. The van der Waals surface area contributed by atoms with E-state index in [1.165, 1.54) is 4.90 Å². The zero-order valence-corrected chi connectivity index (χ0v) is 22.3. The van der Waals surface area contributed by atoms with Gasteiger partial charge in [-0.05, 0) is 37.6 Å². The van der Waals surface area contributed by atoms with E-state index >= 15 is 0 Å². The maximum Gasteiger partial charge on any atom is 0.248 e. The highest BCUT2D eigenvalue weighted by Crippen LogP contribution is 2.40. The summed E-state index contributed by atoms with van der Waals surface area (Å²) in [7, 11) is 0. The van der Waals surface area contributed by atoms with Crippen molar-refractivity contribution in [3.05, 3.63) is 11.9 Å². The van der Waals surface area contributed by atoms with E-state index in [1.54, 1.807) is 4.68 Å². The van der Waals surface area contributed by atoms with Crippen molar-refractivity contribution in [2.45, 2.75) is 95.0 Å². The molecule has 0 radical (unpaired) electrons. The molecule has 4 aliphatic rings. The van der Waals surface area contributed by atoms with E-state index < -0.39 is 29.1 Å². The normalized spacial score (nSPS) is 31.7. The molecule has 1 aromatic heterocycles. The first-order valence-corrected chi connectivity index (χ1v) is 13.8. The molecule has 5 atom stereocenters. The number of likely N-dealkylation sites (tertiary alicyclic amines) is 1. The van der Waals surface area contributed by atoms with Crippen LogP contribution in [0.5, 0.6) is 0 Å². The number of morpholine rings is 1. The molecule has 3 N–H and O–H groups in total. The van der Waals surface area contributed by atoms with Crippen molar-refractivity contribution in [1.82, 2.24) is 30.1 Å². The molecule has 5 rings (SSSR count). The Bertz CT molecular complexity index is 988. The molecule has 3 aliphatic heterocycles. The summed E-state index contributed by atoms with van der Waals surface area (Å²) in [5, 5.41) is 32.5. The predicted octanol–water partition coefficient (Wildman–Crippen LogP) is 0.437. The van der Waals surface area contributed by atoms with Crippen LogP contribution in [0.4, 0.5) is 0 Å². The molecule has 4 heterocycles. The number of amides is 2. The minimum Gasteiger partial charge on any atom is -0.394 e. The molecule has 206 valence electrons. The van der Waals surface area contributed by atoms with Gasteiger partial charge >= 0.3 is 0 Å². The summed E-state index contributed by atoms with van der Waals surface area (Å²) >= 11 is 0. The highest BCUT2D eigenvalue weighted by molar-refractivity contribution is 5.90. The Kier molecular flexibility index (Phi) is 7.34. The maximum atomic E-state index is 13.9. The molecule has 4 unspecified atom stereocenters. The SMILES string of the molecule is CC(C)(C)[C@@H](C(=O)N1CC(O)CC1C(=O)NCC1(CO)COCC2CCCCN21)n1cc(C2CC2)nn1. The molecule has 37 heavy (non-hydrogen) atoms. The Morgan fingerprint density at radius 2 is 2.05 bits per heavy atom. The topological polar surface area (TPSA) is 133 Å². The Hall–Kier alpha value is -2.08. The molecular weight excluding hydrogens is 476 g/mol. The van der Waals surface area contributed by atoms with Crippen molar-refractivity contribution in [2.75, 3.05) is 39.5 Å². The Morgan fingerprint density at radius 1 is 1.27 bits per heavy atom. The summed E-state index contributed by atoms with van der Waals surface area (Å²) in [6.07, 6.45) is 6.64. The third-order valence-corrected chi connectivity index (χ3v) is 8.51. The quantitative estimate of drug-likeness (QED) is 0.474. The van der Waals surface area contributed by atoms with Crippen LogP contribution in [0, 0.1) is 5.41 Å². The summed E-state index contributed by atoms with van der Waals surface area (Å²) < 4.78 is 7.48. The summed E-state index contributed by atoms with van der Waals surface area (Å²) in [4.78, 5) is 31.2. The number of hydrogen-bond donors (Lipinski definition) is 3. The number of carbonyl (C=O) groups is 2. The third-order valence-electron chi connectivity index (χ3n) is 8.51. The zero-order valence-electron chi connectivity index (χ0n) is 22.3. The minimum atomic E-state index is -0.795. The van der Waals surface area contributed by atoms with Gasteiger partial charge in [0.15, 0.2) is 0 Å². The number of fused-ring (bicyclic) bond motifs is 1. The fourth-order valence-corrected chi connectivity index (χ4v) is 6.31. The number of nitrogens with zero attached hydrogens (tertiary/aromatic N) is 5. The average molecular weight is 519 g/mol. The number of carbonyl (C=O) groups excluding carboxylic acids is 2. The van der Waals surface area contributed by atoms with Gasteiger partial charge in [-0.3, -0.25) is 14.5 Å². The lowest BCUT2D eigenvalue weighted by molar-refractivity contribution is -0.147. The molecule has 4 fully saturated rings. The Morgan fingerprint density at radius 3 is 2.76 bits per heavy atom. The summed E-state index contributed by atoms with van der Waals surface area (Å²) in [5.74, 6) is -0.147. The molecule has 2 amide bonds. The number of nitrogens with one attached hydrogen (secondary N) is 1. The van der Waals surface area contributed by atoms with Gasteiger partial charge in [-0.1, -0.05) is 32.4 Å². The van der Waals surface area contributed by atoms with Crippen LogP contribution in [0.1, 0.15) is 76.9 Å². The molecule has 11 heteroatoms. The Labute approximate surface area is 218 Å². The van der Waals surface area contributed by atoms with E-state index in [0.717, 1.165) is 44.3 Å². The number of aromatic nitrogens is 3. The van der Waals surface area contributed by atoms with Crippen molar-refractivity contribution in [3.63, 3.8) is 0 Å². The lowest BCUT2D eigenvalue weighted by atomic mass is 9.85. The first kappa shape index (κ1) is 26.5. The molecule has 0 spiro atoms. The number of hydrogen-bond acceptors (Lipinski definition) is 8. The Balaban J connectivity index is 1.31. The van der Waals surface area contributed by atoms with E-state index in [4.69, 9.17) is 4.74 Å². The van der Waals surface area contributed by atoms with Crippen LogP contribution in [0.15, 0.2) is 6.20 Å². The molecule has 11 nitrogen and oxygen atoms in total. The van der Waals surface area contributed by atoms with Gasteiger partial charge in [-0.2, -0.15) is 0 Å². The van der Waals surface area contributed by atoms with Gasteiger partial charge in [-0.25, -0.2) is 4.68 Å². The van der Waals surface area contributed by atoms with Crippen molar-refractivity contribution < 1.29 is 24.5 Å². The van der Waals surface area contributed by atoms with Crippen molar-refractivity contribution in [2.24, 2.45) is 5.41 Å². The fraction of sp³-hybridized carbons (Fsp3) is 0.846. The van der Waals surface area contributed by atoms with Crippen LogP contribution in [0.3, 0.4) is 0 Å². The second-order valence-electron chi connectivity index (χ2n) is 12.5. The average Bonchev–Trinajstić information content (AvgIpc) is 3.48. The molecule has 3 saturated heterocycles. The van der Waals surface area contributed by atoms with Crippen molar-refractivity contribution in [1.29, 1.82) is 0 Å². The maximum absolute atomic E-state index is 13.9. The molecule has 0 bridgehead atoms. The van der Waals surface area contributed by atoms with E-state index in [1.807, 2.05) is 27.0 Å². The molecule has 1 aliphatic carbocycles. The number of β-amino-alcohol motifs (C(OH)–C–C–N with tert-alkyl or cyclic N) is 1. The van der Waals surface area contributed by atoms with Crippen LogP contribution in [0.25, 0.3) is 0 Å². The number of piperidine rings is 1. The summed E-state index contributed by atoms with van der Waals surface area (Å²) in [6, 6.07) is -1.21. The van der Waals surface area contributed by atoms with Gasteiger partial charge in [0.05, 0.1) is 37.2 Å². The van der Waals surface area contributed by atoms with E-state index in [0.29, 0.717) is 19.1 Å². The van der Waals surface area contributed by atoms with E-state index in [9.17, 15) is 19.8 Å². The van der Waals surface area contributed by atoms with Crippen molar-refractivity contribution in [3.8, 4) is 0 Å². The fourth-order valence-electron chi connectivity index (χ4n) is 6.31. The molecule has 1 saturated carbocycles. The number of aliphatic hydroxyl groups excluding tert-OH is 2. The molecule has 1 aromatic rings. The third kappa shape index (κ3) is 5.28. The van der Waals surface area contributed by atoms with Crippen LogP contribution in [-0.2, 0) is 14.3 Å². The zero-order chi connectivity index (χ0) is 26.4. The van der Waals surface area contributed by atoms with Gasteiger partial charge in [0, 0.05) is 37.7 Å². The minimum absolute atomic E-state index is 0.0934. The monoisotopic (exact) mass is 518 g/mol. The van der Waals surface area contributed by atoms with Crippen molar-refractivity contribution >= 4 is 11.8 Å². The standard InChI is InChI=1S/C26H42N6O5/c1-25(2,3)22(32-12-20(28-29-32)17-7-8-17)24(36)30-11-19(34)10-21(30)23(35)27-14-26(15-33)16-37-13-18-6-4-5-9-31(18)26/h12,17-19,21-22,33-34H,4-11,13-16H2,1-3H3,(H,27,35)/t18?,19?,21?,22-,26?/m1/s1.